The van der Waals surface area contributed by atoms with Crippen LogP contribution in [0.1, 0.15) is 32.9 Å². The van der Waals surface area contributed by atoms with E-state index in [-0.39, 0.29) is 6.09 Å². The normalized spacial score (nSPS) is 19.1. The van der Waals surface area contributed by atoms with Crippen LogP contribution in [0.4, 0.5) is 10.6 Å². The zero-order chi connectivity index (χ0) is 23.7. The summed E-state index contributed by atoms with van der Waals surface area (Å²) in [7, 11) is 0. The maximum atomic E-state index is 12.4. The number of fused-ring (bicyclic) bond motifs is 1. The molecule has 0 saturated carbocycles. The largest absolute Gasteiger partial charge is 0.444 e. The van der Waals surface area contributed by atoms with Crippen LogP contribution in [0.15, 0.2) is 30.6 Å². The number of hydrogen-bond donors (Lipinski definition) is 0. The van der Waals surface area contributed by atoms with Crippen LogP contribution in [0.25, 0.3) is 17.0 Å². The molecule has 2 saturated heterocycles. The molecule has 1 amide bonds. The summed E-state index contributed by atoms with van der Waals surface area (Å²) >= 11 is 0. The zero-order valence-corrected chi connectivity index (χ0v) is 20.0. The molecule has 2 fully saturated rings. The summed E-state index contributed by atoms with van der Waals surface area (Å²) in [6, 6.07) is 5.83. The summed E-state index contributed by atoms with van der Waals surface area (Å²) in [5, 5.41) is 4.76. The van der Waals surface area contributed by atoms with Crippen molar-refractivity contribution in [2.45, 2.75) is 39.2 Å². The number of carbonyl (C=O) groups excluding carboxylic acids is 1. The van der Waals surface area contributed by atoms with Crippen molar-refractivity contribution in [2.24, 2.45) is 5.92 Å². The maximum absolute atomic E-state index is 12.4. The van der Waals surface area contributed by atoms with E-state index in [1.807, 2.05) is 45.2 Å². The molecular formula is C24H31N7O3. The van der Waals surface area contributed by atoms with Gasteiger partial charge in [0.15, 0.2) is 5.82 Å². The molecule has 5 heterocycles. The van der Waals surface area contributed by atoms with Gasteiger partial charge in [-0.3, -0.25) is 4.98 Å². The third-order valence-electron chi connectivity index (χ3n) is 6.02. The molecule has 34 heavy (non-hydrogen) atoms. The lowest BCUT2D eigenvalue weighted by molar-refractivity contribution is 0.0288. The van der Waals surface area contributed by atoms with Crippen molar-refractivity contribution in [2.75, 3.05) is 44.3 Å². The van der Waals surface area contributed by atoms with E-state index >= 15 is 0 Å². The van der Waals surface area contributed by atoms with Crippen molar-refractivity contribution in [1.29, 1.82) is 0 Å². The Morgan fingerprint density at radius 1 is 1.18 bits per heavy atom. The van der Waals surface area contributed by atoms with E-state index in [1.165, 1.54) is 0 Å². The van der Waals surface area contributed by atoms with Crippen molar-refractivity contribution >= 4 is 22.9 Å². The van der Waals surface area contributed by atoms with Gasteiger partial charge in [-0.1, -0.05) is 0 Å². The molecule has 3 aromatic rings. The van der Waals surface area contributed by atoms with E-state index in [2.05, 4.69) is 9.88 Å². The van der Waals surface area contributed by atoms with Gasteiger partial charge >= 0.3 is 6.09 Å². The number of anilines is 1. The monoisotopic (exact) mass is 465 g/mol. The molecule has 2 aliphatic rings. The average molecular weight is 466 g/mol. The van der Waals surface area contributed by atoms with Crippen LogP contribution in [0.3, 0.4) is 0 Å². The minimum atomic E-state index is -0.483. The van der Waals surface area contributed by atoms with Gasteiger partial charge in [-0.15, -0.1) is 0 Å². The van der Waals surface area contributed by atoms with Gasteiger partial charge in [-0.2, -0.15) is 10.1 Å². The van der Waals surface area contributed by atoms with Crippen LogP contribution < -0.4 is 4.90 Å². The molecule has 10 nitrogen and oxygen atoms in total. The molecule has 0 aliphatic carbocycles. The third kappa shape index (κ3) is 4.96. The first-order valence-corrected chi connectivity index (χ1v) is 11.8. The van der Waals surface area contributed by atoms with Crippen molar-refractivity contribution in [3.63, 3.8) is 0 Å². The van der Waals surface area contributed by atoms with Crippen LogP contribution in [0.5, 0.6) is 0 Å². The fourth-order valence-electron chi connectivity index (χ4n) is 4.41. The summed E-state index contributed by atoms with van der Waals surface area (Å²) in [5.41, 5.74) is 2.05. The lowest BCUT2D eigenvalue weighted by Crippen LogP contribution is -2.37. The van der Waals surface area contributed by atoms with Crippen molar-refractivity contribution in [3.05, 3.63) is 36.3 Å². The summed E-state index contributed by atoms with van der Waals surface area (Å²) in [6.45, 7) is 9.93. The summed E-state index contributed by atoms with van der Waals surface area (Å²) in [6.07, 6.45) is 5.15. The van der Waals surface area contributed by atoms with E-state index in [0.29, 0.717) is 38.2 Å². The second-order valence-corrected chi connectivity index (χ2v) is 9.85. The molecule has 0 N–H and O–H groups in total. The quantitative estimate of drug-likeness (QED) is 0.580. The standard InChI is InChI=1S/C24H31N7O3/c1-24(2,3)34-23(32)30-9-6-17(16-30)15-18-7-10-31(28-18)22-26-19-5-4-8-25-20(19)21(27-22)29-11-13-33-14-12-29/h4-5,7-8,10,17H,6,9,11-16H2,1-3H3. The summed E-state index contributed by atoms with van der Waals surface area (Å²) in [4.78, 5) is 30.4. The van der Waals surface area contributed by atoms with Crippen LogP contribution in [0.2, 0.25) is 0 Å². The Hall–Kier alpha value is -3.27. The third-order valence-corrected chi connectivity index (χ3v) is 6.02. The average Bonchev–Trinajstić information content (AvgIpc) is 3.48. The lowest BCUT2D eigenvalue weighted by atomic mass is 10.0. The second kappa shape index (κ2) is 9.17. The van der Waals surface area contributed by atoms with Crippen molar-refractivity contribution in [1.82, 2.24) is 29.6 Å². The first-order valence-electron chi connectivity index (χ1n) is 11.8. The van der Waals surface area contributed by atoms with E-state index < -0.39 is 5.60 Å². The molecule has 1 unspecified atom stereocenters. The number of likely N-dealkylation sites (tertiary alicyclic amines) is 1. The van der Waals surface area contributed by atoms with Crippen molar-refractivity contribution in [3.8, 4) is 5.95 Å². The van der Waals surface area contributed by atoms with E-state index in [4.69, 9.17) is 24.5 Å². The molecular weight excluding hydrogens is 434 g/mol. The predicted molar refractivity (Wildman–Crippen MR) is 127 cm³/mol. The Labute approximate surface area is 198 Å². The highest BCUT2D eigenvalue weighted by atomic mass is 16.6. The predicted octanol–water partition coefficient (Wildman–Crippen LogP) is 2.85. The summed E-state index contributed by atoms with van der Waals surface area (Å²) in [5.74, 6) is 1.68. The van der Waals surface area contributed by atoms with E-state index in [9.17, 15) is 4.79 Å². The van der Waals surface area contributed by atoms with E-state index in [0.717, 1.165) is 48.5 Å². The van der Waals surface area contributed by atoms with Gasteiger partial charge in [-0.25, -0.2) is 14.5 Å². The molecule has 0 spiro atoms. The lowest BCUT2D eigenvalue weighted by Gasteiger charge is -2.28. The zero-order valence-electron chi connectivity index (χ0n) is 20.0. The van der Waals surface area contributed by atoms with Crippen LogP contribution in [-0.2, 0) is 15.9 Å². The number of carbonyl (C=O) groups is 1. The highest BCUT2D eigenvalue weighted by molar-refractivity contribution is 5.86. The Kier molecular flexibility index (Phi) is 6.07. The van der Waals surface area contributed by atoms with Crippen LogP contribution >= 0.6 is 0 Å². The van der Waals surface area contributed by atoms with Crippen LogP contribution in [0, 0.1) is 5.92 Å². The van der Waals surface area contributed by atoms with Gasteiger partial charge in [0, 0.05) is 38.6 Å². The fraction of sp³-hybridized carbons (Fsp3) is 0.542. The smallest absolute Gasteiger partial charge is 0.410 e. The molecule has 0 aromatic carbocycles. The number of rotatable bonds is 4. The molecule has 1 atom stereocenters. The minimum absolute atomic E-state index is 0.241. The number of hydrogen-bond acceptors (Lipinski definition) is 8. The second-order valence-electron chi connectivity index (χ2n) is 9.85. The Morgan fingerprint density at radius 3 is 2.79 bits per heavy atom. The number of pyridine rings is 1. The fourth-order valence-corrected chi connectivity index (χ4v) is 4.41. The number of ether oxygens (including phenoxy) is 2. The highest BCUT2D eigenvalue weighted by Gasteiger charge is 2.30. The molecule has 5 rings (SSSR count). The molecule has 0 radical (unpaired) electrons. The Bertz CT molecular complexity index is 1170. The number of amides is 1. The van der Waals surface area contributed by atoms with Crippen molar-refractivity contribution < 1.29 is 14.3 Å². The van der Waals surface area contributed by atoms with Gasteiger partial charge in [0.25, 0.3) is 5.95 Å². The van der Waals surface area contributed by atoms with Gasteiger partial charge in [0.2, 0.25) is 0 Å². The van der Waals surface area contributed by atoms with Gasteiger partial charge < -0.3 is 19.3 Å². The Balaban J connectivity index is 1.32. The highest BCUT2D eigenvalue weighted by Crippen LogP contribution is 2.25. The molecule has 0 bridgehead atoms. The molecule has 10 heteroatoms. The molecule has 180 valence electrons. The topological polar surface area (TPSA) is 98.5 Å². The number of morpholine rings is 1. The van der Waals surface area contributed by atoms with Gasteiger partial charge in [0.05, 0.1) is 24.4 Å². The first kappa shape index (κ1) is 22.5. The first-order chi connectivity index (χ1) is 16.4. The molecule has 2 aliphatic heterocycles. The number of aromatic nitrogens is 5. The Morgan fingerprint density at radius 2 is 2.00 bits per heavy atom. The maximum Gasteiger partial charge on any atom is 0.410 e. The summed E-state index contributed by atoms with van der Waals surface area (Å²) < 4.78 is 12.7. The van der Waals surface area contributed by atoms with Gasteiger partial charge in [-0.05, 0) is 57.7 Å². The molecule has 3 aromatic heterocycles. The SMILES string of the molecule is CC(C)(C)OC(=O)N1CCC(Cc2ccn(-c3nc(N4CCOCC4)c4ncccc4n3)n2)C1. The minimum Gasteiger partial charge on any atom is -0.444 e. The van der Waals surface area contributed by atoms with E-state index in [1.54, 1.807) is 15.8 Å². The van der Waals surface area contributed by atoms with Crippen LogP contribution in [-0.4, -0.2) is 80.7 Å². The van der Waals surface area contributed by atoms with Gasteiger partial charge in [0.1, 0.15) is 11.1 Å². The number of nitrogens with zero attached hydrogens (tertiary/aromatic N) is 7.